The maximum atomic E-state index is 12.4. The molecule has 2 aromatic heterocycles. The van der Waals surface area contributed by atoms with Crippen LogP contribution in [0.5, 0.6) is 0 Å². The molecule has 3 N–H and O–H groups in total. The van der Waals surface area contributed by atoms with Gasteiger partial charge in [-0.05, 0) is 6.07 Å². The number of nitrogens with zero attached hydrogens (tertiary/aromatic N) is 1. The predicted molar refractivity (Wildman–Crippen MR) is 52.7 cm³/mol. The fraction of sp³-hybridized carbons (Fsp3) is 0.111. The summed E-state index contributed by atoms with van der Waals surface area (Å²) in [6.45, 7) is 0. The number of halogens is 3. The Bertz CT molecular complexity index is 576. The van der Waals surface area contributed by atoms with Crippen molar-refractivity contribution in [2.45, 2.75) is 6.18 Å². The number of rotatable bonds is 1. The molecule has 0 unspecified atom stereocenters. The van der Waals surface area contributed by atoms with Crippen LogP contribution in [0.3, 0.4) is 0 Å². The average Bonchev–Trinajstić information content (AvgIpc) is 2.58. The highest BCUT2D eigenvalue weighted by molar-refractivity contribution is 5.87. The quantitative estimate of drug-likeness (QED) is 0.722. The van der Waals surface area contributed by atoms with Crippen LogP contribution in [-0.4, -0.2) is 21.2 Å². The molecule has 2 rings (SSSR count). The van der Waals surface area contributed by atoms with Gasteiger partial charge in [0.2, 0.25) is 0 Å². The van der Waals surface area contributed by atoms with Gasteiger partial charge in [0.1, 0.15) is 11.5 Å². The third-order valence-electron chi connectivity index (χ3n) is 2.04. The highest BCUT2D eigenvalue weighted by atomic mass is 19.4. The standard InChI is InChI=1S/C9H6F3N3O2/c10-9(11,12)6-1-4-3-13-7(15-8(16)17)2-5(4)14-6/h1-3,14H,(H,13,15)(H,16,17). The first-order chi connectivity index (χ1) is 7.86. The summed E-state index contributed by atoms with van der Waals surface area (Å²) in [5, 5.41) is 10.6. The van der Waals surface area contributed by atoms with Gasteiger partial charge < -0.3 is 10.1 Å². The first-order valence-electron chi connectivity index (χ1n) is 4.42. The molecule has 0 atom stereocenters. The first kappa shape index (κ1) is 11.2. The van der Waals surface area contributed by atoms with Gasteiger partial charge in [-0.2, -0.15) is 13.2 Å². The van der Waals surface area contributed by atoms with E-state index in [2.05, 4.69) is 9.97 Å². The molecule has 17 heavy (non-hydrogen) atoms. The second kappa shape index (κ2) is 3.65. The maximum Gasteiger partial charge on any atom is 0.431 e. The summed E-state index contributed by atoms with van der Waals surface area (Å²) >= 11 is 0. The lowest BCUT2D eigenvalue weighted by atomic mass is 10.3. The van der Waals surface area contributed by atoms with Crippen molar-refractivity contribution < 1.29 is 23.1 Å². The maximum absolute atomic E-state index is 12.4. The Morgan fingerprint density at radius 2 is 2.12 bits per heavy atom. The van der Waals surface area contributed by atoms with Gasteiger partial charge in [-0.25, -0.2) is 9.78 Å². The number of carboxylic acid groups (broad SMARTS) is 1. The van der Waals surface area contributed by atoms with Crippen LogP contribution >= 0.6 is 0 Å². The number of amides is 1. The molecule has 5 nitrogen and oxygen atoms in total. The van der Waals surface area contributed by atoms with E-state index in [-0.39, 0.29) is 16.7 Å². The minimum Gasteiger partial charge on any atom is -0.465 e. The largest absolute Gasteiger partial charge is 0.465 e. The summed E-state index contributed by atoms with van der Waals surface area (Å²) in [5.41, 5.74) is -0.738. The monoisotopic (exact) mass is 245 g/mol. The Morgan fingerprint density at radius 3 is 2.71 bits per heavy atom. The van der Waals surface area contributed by atoms with Gasteiger partial charge in [-0.15, -0.1) is 0 Å². The Balaban J connectivity index is 2.44. The van der Waals surface area contributed by atoms with E-state index in [1.54, 1.807) is 0 Å². The van der Waals surface area contributed by atoms with E-state index in [9.17, 15) is 18.0 Å². The zero-order valence-electron chi connectivity index (χ0n) is 8.17. The molecule has 0 saturated carbocycles. The van der Waals surface area contributed by atoms with E-state index in [0.717, 1.165) is 12.3 Å². The van der Waals surface area contributed by atoms with Gasteiger partial charge in [0.15, 0.2) is 0 Å². The van der Waals surface area contributed by atoms with Gasteiger partial charge in [0.05, 0.1) is 5.52 Å². The number of nitrogens with one attached hydrogen (secondary N) is 2. The molecule has 2 aromatic rings. The molecule has 8 heteroatoms. The van der Waals surface area contributed by atoms with Crippen molar-refractivity contribution in [2.24, 2.45) is 0 Å². The smallest absolute Gasteiger partial charge is 0.431 e. The number of fused-ring (bicyclic) bond motifs is 1. The predicted octanol–water partition coefficient (Wildman–Crippen LogP) is 2.67. The molecule has 0 fully saturated rings. The lowest BCUT2D eigenvalue weighted by Crippen LogP contribution is -2.08. The lowest BCUT2D eigenvalue weighted by Gasteiger charge is -2.01. The van der Waals surface area contributed by atoms with Crippen LogP contribution in [0.15, 0.2) is 18.3 Å². The Morgan fingerprint density at radius 1 is 1.41 bits per heavy atom. The molecule has 2 heterocycles. The highest BCUT2D eigenvalue weighted by Crippen LogP contribution is 2.31. The number of H-pyrrole nitrogens is 1. The van der Waals surface area contributed by atoms with Crippen LogP contribution in [0.2, 0.25) is 0 Å². The van der Waals surface area contributed by atoms with Crippen molar-refractivity contribution >= 4 is 22.8 Å². The van der Waals surface area contributed by atoms with Crippen LogP contribution in [-0.2, 0) is 6.18 Å². The molecule has 0 radical (unpaired) electrons. The number of aromatic amines is 1. The minimum absolute atomic E-state index is 0.0411. The van der Waals surface area contributed by atoms with Crippen LogP contribution in [0.1, 0.15) is 5.69 Å². The van der Waals surface area contributed by atoms with E-state index in [1.165, 1.54) is 6.07 Å². The number of anilines is 1. The normalized spacial score (nSPS) is 11.7. The van der Waals surface area contributed by atoms with E-state index in [4.69, 9.17) is 5.11 Å². The van der Waals surface area contributed by atoms with Crippen LogP contribution in [0, 0.1) is 0 Å². The van der Waals surface area contributed by atoms with Crippen molar-refractivity contribution in [2.75, 3.05) is 5.32 Å². The zero-order valence-corrected chi connectivity index (χ0v) is 8.17. The molecule has 0 spiro atoms. The number of carbonyl (C=O) groups is 1. The SMILES string of the molecule is O=C(O)Nc1cc2[nH]c(C(F)(F)F)cc2cn1. The Hall–Kier alpha value is -2.25. The molecule has 0 aromatic carbocycles. The van der Waals surface area contributed by atoms with Crippen molar-refractivity contribution in [3.8, 4) is 0 Å². The van der Waals surface area contributed by atoms with Crippen molar-refractivity contribution in [1.29, 1.82) is 0 Å². The zero-order chi connectivity index (χ0) is 12.6. The molecule has 0 aliphatic rings. The fourth-order valence-corrected chi connectivity index (χ4v) is 1.36. The molecule has 0 saturated heterocycles. The number of hydrogen-bond acceptors (Lipinski definition) is 2. The summed E-state index contributed by atoms with van der Waals surface area (Å²) in [5.74, 6) is -0.0411. The summed E-state index contributed by atoms with van der Waals surface area (Å²) in [7, 11) is 0. The highest BCUT2D eigenvalue weighted by Gasteiger charge is 2.32. The third-order valence-corrected chi connectivity index (χ3v) is 2.04. The Labute approximate surface area is 92.3 Å². The van der Waals surface area contributed by atoms with Gasteiger partial charge in [0, 0.05) is 17.6 Å². The van der Waals surface area contributed by atoms with Crippen LogP contribution in [0.4, 0.5) is 23.8 Å². The van der Waals surface area contributed by atoms with Crippen molar-refractivity contribution in [3.05, 3.63) is 24.0 Å². The fourth-order valence-electron chi connectivity index (χ4n) is 1.36. The second-order valence-electron chi connectivity index (χ2n) is 3.27. The number of pyridine rings is 1. The van der Waals surface area contributed by atoms with E-state index < -0.39 is 18.0 Å². The summed E-state index contributed by atoms with van der Waals surface area (Å²) < 4.78 is 37.1. The molecule has 1 amide bonds. The molecule has 0 aliphatic carbocycles. The number of aromatic nitrogens is 2. The first-order valence-corrected chi connectivity index (χ1v) is 4.42. The molecule has 0 aliphatic heterocycles. The number of hydrogen-bond donors (Lipinski definition) is 3. The Kier molecular flexibility index (Phi) is 2.41. The third kappa shape index (κ3) is 2.30. The summed E-state index contributed by atoms with van der Waals surface area (Å²) in [6, 6.07) is 2.10. The molecule has 0 bridgehead atoms. The van der Waals surface area contributed by atoms with Gasteiger partial charge in [-0.3, -0.25) is 5.32 Å². The minimum atomic E-state index is -4.47. The topological polar surface area (TPSA) is 78.0 Å². The van der Waals surface area contributed by atoms with Crippen molar-refractivity contribution in [1.82, 2.24) is 9.97 Å². The van der Waals surface area contributed by atoms with Crippen LogP contribution in [0.25, 0.3) is 10.9 Å². The van der Waals surface area contributed by atoms with Gasteiger partial charge in [0.25, 0.3) is 0 Å². The number of alkyl halides is 3. The second-order valence-corrected chi connectivity index (χ2v) is 3.27. The lowest BCUT2D eigenvalue weighted by molar-refractivity contribution is -0.140. The summed E-state index contributed by atoms with van der Waals surface area (Å²) in [4.78, 5) is 16.1. The summed E-state index contributed by atoms with van der Waals surface area (Å²) in [6.07, 6.45) is -4.65. The molecular weight excluding hydrogens is 239 g/mol. The van der Waals surface area contributed by atoms with Gasteiger partial charge in [-0.1, -0.05) is 0 Å². The molecular formula is C9H6F3N3O2. The molecule has 90 valence electrons. The van der Waals surface area contributed by atoms with E-state index in [0.29, 0.717) is 0 Å². The van der Waals surface area contributed by atoms with E-state index in [1.807, 2.05) is 5.32 Å². The van der Waals surface area contributed by atoms with Gasteiger partial charge >= 0.3 is 12.3 Å². The van der Waals surface area contributed by atoms with Crippen LogP contribution < -0.4 is 5.32 Å². The van der Waals surface area contributed by atoms with Crippen molar-refractivity contribution in [3.63, 3.8) is 0 Å². The average molecular weight is 245 g/mol. The van der Waals surface area contributed by atoms with E-state index >= 15 is 0 Å².